The average molecular weight is 263 g/mol. The summed E-state index contributed by atoms with van der Waals surface area (Å²) in [6, 6.07) is 7.01. The van der Waals surface area contributed by atoms with E-state index in [0.29, 0.717) is 17.9 Å². The second kappa shape index (κ2) is 5.84. The van der Waals surface area contributed by atoms with Crippen molar-refractivity contribution >= 4 is 17.6 Å². The maximum atomic E-state index is 12.2. The molecule has 5 nitrogen and oxygen atoms in total. The number of carbonyl (C=O) groups excluding carboxylic acids is 1. The molecule has 1 saturated heterocycles. The zero-order valence-electron chi connectivity index (χ0n) is 10.8. The Balaban J connectivity index is 2.11. The fourth-order valence-electron chi connectivity index (χ4n) is 2.17. The van der Waals surface area contributed by atoms with Crippen molar-refractivity contribution in [3.05, 3.63) is 29.8 Å². The van der Waals surface area contributed by atoms with Crippen molar-refractivity contribution in [2.24, 2.45) is 0 Å². The molecule has 1 aromatic carbocycles. The second-order valence-corrected chi connectivity index (χ2v) is 4.64. The van der Waals surface area contributed by atoms with Crippen molar-refractivity contribution in [3.63, 3.8) is 0 Å². The van der Waals surface area contributed by atoms with Crippen molar-refractivity contribution in [1.29, 1.82) is 0 Å². The molecule has 1 heterocycles. The SMILES string of the molecule is CN(C(=O)C1CCCO1)c1cccc(CC(=O)O)c1. The van der Waals surface area contributed by atoms with Gasteiger partial charge in [-0.15, -0.1) is 0 Å². The van der Waals surface area contributed by atoms with Gasteiger partial charge in [0.1, 0.15) is 6.10 Å². The summed E-state index contributed by atoms with van der Waals surface area (Å²) in [7, 11) is 1.68. The zero-order valence-corrected chi connectivity index (χ0v) is 10.8. The van der Waals surface area contributed by atoms with Gasteiger partial charge in [0.25, 0.3) is 5.91 Å². The molecule has 0 bridgehead atoms. The summed E-state index contributed by atoms with van der Waals surface area (Å²) in [5, 5.41) is 8.78. The number of aliphatic carboxylic acids is 1. The highest BCUT2D eigenvalue weighted by atomic mass is 16.5. The number of ether oxygens (including phenoxy) is 1. The summed E-state index contributed by atoms with van der Waals surface area (Å²) >= 11 is 0. The molecule has 19 heavy (non-hydrogen) atoms. The van der Waals surface area contributed by atoms with Crippen LogP contribution in [0.3, 0.4) is 0 Å². The summed E-state index contributed by atoms with van der Waals surface area (Å²) < 4.78 is 5.37. The van der Waals surface area contributed by atoms with Gasteiger partial charge in [0.05, 0.1) is 6.42 Å². The lowest BCUT2D eigenvalue weighted by Crippen LogP contribution is -2.36. The Bertz CT molecular complexity index is 480. The van der Waals surface area contributed by atoms with E-state index in [-0.39, 0.29) is 18.4 Å². The van der Waals surface area contributed by atoms with Crippen LogP contribution in [0.15, 0.2) is 24.3 Å². The number of rotatable bonds is 4. The highest BCUT2D eigenvalue weighted by Gasteiger charge is 2.27. The smallest absolute Gasteiger partial charge is 0.307 e. The molecule has 102 valence electrons. The van der Waals surface area contributed by atoms with Gasteiger partial charge in [0.2, 0.25) is 0 Å². The van der Waals surface area contributed by atoms with E-state index in [0.717, 1.165) is 12.8 Å². The van der Waals surface area contributed by atoms with Crippen LogP contribution < -0.4 is 4.90 Å². The molecule has 1 aliphatic heterocycles. The third kappa shape index (κ3) is 3.32. The van der Waals surface area contributed by atoms with Crippen LogP contribution in [-0.4, -0.2) is 36.7 Å². The molecule has 5 heteroatoms. The Labute approximate surface area is 111 Å². The number of hydrogen-bond acceptors (Lipinski definition) is 3. The summed E-state index contributed by atoms with van der Waals surface area (Å²) in [5.74, 6) is -0.963. The quantitative estimate of drug-likeness (QED) is 0.893. The second-order valence-electron chi connectivity index (χ2n) is 4.64. The van der Waals surface area contributed by atoms with Gasteiger partial charge < -0.3 is 14.7 Å². The van der Waals surface area contributed by atoms with E-state index in [1.165, 1.54) is 4.90 Å². The molecule has 1 unspecified atom stereocenters. The predicted octanol–water partition coefficient (Wildman–Crippen LogP) is 1.46. The third-order valence-corrected chi connectivity index (χ3v) is 3.19. The van der Waals surface area contributed by atoms with Crippen LogP contribution in [0.2, 0.25) is 0 Å². The molecule has 2 rings (SSSR count). The Morgan fingerprint density at radius 3 is 2.89 bits per heavy atom. The third-order valence-electron chi connectivity index (χ3n) is 3.19. The number of hydrogen-bond donors (Lipinski definition) is 1. The fourth-order valence-corrected chi connectivity index (χ4v) is 2.17. The number of amides is 1. The summed E-state index contributed by atoms with van der Waals surface area (Å²) in [6.07, 6.45) is 1.24. The van der Waals surface area contributed by atoms with Crippen LogP contribution in [0.4, 0.5) is 5.69 Å². The average Bonchev–Trinajstić information content (AvgIpc) is 2.90. The first-order chi connectivity index (χ1) is 9.08. The highest BCUT2D eigenvalue weighted by molar-refractivity contribution is 5.96. The Morgan fingerprint density at radius 1 is 1.47 bits per heavy atom. The monoisotopic (exact) mass is 263 g/mol. The maximum Gasteiger partial charge on any atom is 0.307 e. The minimum absolute atomic E-state index is 0.0458. The molecular weight excluding hydrogens is 246 g/mol. The van der Waals surface area contributed by atoms with Gasteiger partial charge in [-0.2, -0.15) is 0 Å². The number of carboxylic acids is 1. The number of likely N-dealkylation sites (N-methyl/N-ethyl adjacent to an activating group) is 1. The van der Waals surface area contributed by atoms with Gasteiger partial charge >= 0.3 is 5.97 Å². The maximum absolute atomic E-state index is 12.2. The van der Waals surface area contributed by atoms with Crippen LogP contribution in [0, 0.1) is 0 Å². The molecule has 0 radical (unpaired) electrons. The van der Waals surface area contributed by atoms with Gasteiger partial charge in [0, 0.05) is 19.3 Å². The minimum Gasteiger partial charge on any atom is -0.481 e. The number of carboxylic acid groups (broad SMARTS) is 1. The Kier molecular flexibility index (Phi) is 4.16. The molecule has 1 aromatic rings. The van der Waals surface area contributed by atoms with Crippen LogP contribution in [0.25, 0.3) is 0 Å². The van der Waals surface area contributed by atoms with E-state index >= 15 is 0 Å². The molecule has 0 aromatic heterocycles. The summed E-state index contributed by atoms with van der Waals surface area (Å²) in [4.78, 5) is 24.4. The van der Waals surface area contributed by atoms with Crippen LogP contribution in [-0.2, 0) is 20.7 Å². The standard InChI is InChI=1S/C14H17NO4/c1-15(14(18)12-6-3-7-19-12)11-5-2-4-10(8-11)9-13(16)17/h2,4-5,8,12H,3,6-7,9H2,1H3,(H,16,17). The first kappa shape index (κ1) is 13.5. The van der Waals surface area contributed by atoms with E-state index in [1.54, 1.807) is 31.3 Å². The van der Waals surface area contributed by atoms with Crippen LogP contribution >= 0.6 is 0 Å². The van der Waals surface area contributed by atoms with E-state index in [9.17, 15) is 9.59 Å². The largest absolute Gasteiger partial charge is 0.481 e. The first-order valence-electron chi connectivity index (χ1n) is 6.28. The Morgan fingerprint density at radius 2 is 2.26 bits per heavy atom. The Hall–Kier alpha value is -1.88. The molecule has 0 spiro atoms. The zero-order chi connectivity index (χ0) is 13.8. The number of benzene rings is 1. The molecule has 0 aliphatic carbocycles. The van der Waals surface area contributed by atoms with Gasteiger partial charge in [-0.3, -0.25) is 9.59 Å². The van der Waals surface area contributed by atoms with Crippen molar-refractivity contribution in [2.75, 3.05) is 18.6 Å². The topological polar surface area (TPSA) is 66.8 Å². The van der Waals surface area contributed by atoms with Crippen molar-refractivity contribution in [2.45, 2.75) is 25.4 Å². The lowest BCUT2D eigenvalue weighted by molar-refractivity contribution is -0.136. The van der Waals surface area contributed by atoms with E-state index in [1.807, 2.05) is 0 Å². The molecule has 0 saturated carbocycles. The number of anilines is 1. The number of carbonyl (C=O) groups is 2. The number of nitrogens with zero attached hydrogens (tertiary/aromatic N) is 1. The van der Waals surface area contributed by atoms with Crippen LogP contribution in [0.1, 0.15) is 18.4 Å². The normalized spacial score (nSPS) is 18.3. The van der Waals surface area contributed by atoms with Crippen molar-refractivity contribution in [3.8, 4) is 0 Å². The minimum atomic E-state index is -0.884. The van der Waals surface area contributed by atoms with E-state index < -0.39 is 5.97 Å². The molecule has 1 amide bonds. The summed E-state index contributed by atoms with van der Waals surface area (Å²) in [5.41, 5.74) is 1.37. The van der Waals surface area contributed by atoms with Gasteiger partial charge in [-0.05, 0) is 30.5 Å². The van der Waals surface area contributed by atoms with Crippen molar-refractivity contribution in [1.82, 2.24) is 0 Å². The molecule has 1 N–H and O–H groups in total. The van der Waals surface area contributed by atoms with Gasteiger partial charge in [0.15, 0.2) is 0 Å². The summed E-state index contributed by atoms with van der Waals surface area (Å²) in [6.45, 7) is 0.628. The first-order valence-corrected chi connectivity index (χ1v) is 6.28. The van der Waals surface area contributed by atoms with Gasteiger partial charge in [-0.1, -0.05) is 12.1 Å². The lowest BCUT2D eigenvalue weighted by Gasteiger charge is -2.21. The van der Waals surface area contributed by atoms with Crippen LogP contribution in [0.5, 0.6) is 0 Å². The van der Waals surface area contributed by atoms with E-state index in [4.69, 9.17) is 9.84 Å². The molecule has 1 fully saturated rings. The molecule has 1 atom stereocenters. The lowest BCUT2D eigenvalue weighted by atomic mass is 10.1. The van der Waals surface area contributed by atoms with E-state index in [2.05, 4.69) is 0 Å². The molecular formula is C14H17NO4. The van der Waals surface area contributed by atoms with Gasteiger partial charge in [-0.25, -0.2) is 0 Å². The highest BCUT2D eigenvalue weighted by Crippen LogP contribution is 2.20. The predicted molar refractivity (Wildman–Crippen MR) is 70.2 cm³/mol. The van der Waals surface area contributed by atoms with Crippen molar-refractivity contribution < 1.29 is 19.4 Å². The molecule has 1 aliphatic rings. The fraction of sp³-hybridized carbons (Fsp3) is 0.429.